The van der Waals surface area contributed by atoms with Crippen molar-refractivity contribution in [3.05, 3.63) is 46.2 Å². The van der Waals surface area contributed by atoms with E-state index in [2.05, 4.69) is 4.90 Å². The number of amides is 1. The number of nitrogens with zero attached hydrogens (tertiary/aromatic N) is 5. The van der Waals surface area contributed by atoms with Crippen molar-refractivity contribution in [1.29, 1.82) is 0 Å². The van der Waals surface area contributed by atoms with Crippen LogP contribution in [0.4, 0.5) is 0 Å². The van der Waals surface area contributed by atoms with Gasteiger partial charge in [0, 0.05) is 70.9 Å². The van der Waals surface area contributed by atoms with Crippen molar-refractivity contribution >= 4 is 27.0 Å². The Hall–Kier alpha value is -2.27. The first-order chi connectivity index (χ1) is 14.3. The zero-order valence-electron chi connectivity index (χ0n) is 17.3. The maximum absolute atomic E-state index is 13.2. The molecular weight excluding hydrogens is 406 g/mol. The standard InChI is InChI=1S/C20H27N5O4S/c1-21-7-11-24(12-8-21)30(28,29)25-13-9-23(10-14-25)20(27)17-15-19(26)22(2)18-6-4-3-5-16(17)18/h3-6,15H,7-14H2,1-2H3. The molecule has 2 aliphatic rings. The Bertz CT molecular complexity index is 1110. The molecule has 1 aromatic heterocycles. The summed E-state index contributed by atoms with van der Waals surface area (Å²) in [6, 6.07) is 8.68. The predicted octanol–water partition coefficient (Wildman–Crippen LogP) is -0.211. The van der Waals surface area contributed by atoms with Crippen molar-refractivity contribution in [3.63, 3.8) is 0 Å². The minimum atomic E-state index is -3.52. The summed E-state index contributed by atoms with van der Waals surface area (Å²) >= 11 is 0. The fourth-order valence-electron chi connectivity index (χ4n) is 4.06. The number of carbonyl (C=O) groups excluding carboxylic acids is 1. The van der Waals surface area contributed by atoms with Gasteiger partial charge in [0.25, 0.3) is 21.7 Å². The molecule has 4 rings (SSSR count). The zero-order chi connectivity index (χ0) is 21.5. The van der Waals surface area contributed by atoms with E-state index in [1.165, 1.54) is 19.2 Å². The Morgan fingerprint density at radius 1 is 0.867 bits per heavy atom. The molecule has 2 aromatic rings. The molecule has 0 radical (unpaired) electrons. The number of aromatic nitrogens is 1. The number of pyridine rings is 1. The first-order valence-corrected chi connectivity index (χ1v) is 11.5. The lowest BCUT2D eigenvalue weighted by Gasteiger charge is -2.39. The van der Waals surface area contributed by atoms with Gasteiger partial charge in [0.2, 0.25) is 0 Å². The number of hydrogen-bond donors (Lipinski definition) is 0. The van der Waals surface area contributed by atoms with E-state index in [0.29, 0.717) is 50.3 Å². The number of fused-ring (bicyclic) bond motifs is 1. The van der Waals surface area contributed by atoms with Gasteiger partial charge in [0.1, 0.15) is 0 Å². The van der Waals surface area contributed by atoms with Gasteiger partial charge >= 0.3 is 0 Å². The molecule has 2 aliphatic heterocycles. The summed E-state index contributed by atoms with van der Waals surface area (Å²) in [5.41, 5.74) is 0.821. The van der Waals surface area contributed by atoms with Crippen LogP contribution in [0.5, 0.6) is 0 Å². The highest BCUT2D eigenvalue weighted by Gasteiger charge is 2.35. The Labute approximate surface area is 176 Å². The third-order valence-electron chi connectivity index (χ3n) is 6.03. The maximum Gasteiger partial charge on any atom is 0.282 e. The van der Waals surface area contributed by atoms with E-state index in [1.807, 2.05) is 31.3 Å². The molecule has 1 aromatic carbocycles. The smallest absolute Gasteiger partial charge is 0.282 e. The molecule has 0 bridgehead atoms. The van der Waals surface area contributed by atoms with Crippen LogP contribution in [-0.2, 0) is 17.3 Å². The summed E-state index contributed by atoms with van der Waals surface area (Å²) in [5.74, 6) is -0.236. The van der Waals surface area contributed by atoms with Crippen LogP contribution in [0.2, 0.25) is 0 Å². The van der Waals surface area contributed by atoms with Gasteiger partial charge in [-0.05, 0) is 13.1 Å². The van der Waals surface area contributed by atoms with Crippen molar-refractivity contribution < 1.29 is 13.2 Å². The lowest BCUT2D eigenvalue weighted by molar-refractivity contribution is 0.0694. The minimum Gasteiger partial charge on any atom is -0.336 e. The van der Waals surface area contributed by atoms with Gasteiger partial charge in [0.05, 0.1) is 11.1 Å². The second-order valence-corrected chi connectivity index (χ2v) is 9.80. The Kier molecular flexibility index (Phi) is 5.67. The molecule has 9 nitrogen and oxygen atoms in total. The van der Waals surface area contributed by atoms with Crippen molar-refractivity contribution in [2.75, 3.05) is 59.4 Å². The van der Waals surface area contributed by atoms with Gasteiger partial charge in [-0.3, -0.25) is 9.59 Å². The number of aryl methyl sites for hydroxylation is 1. The van der Waals surface area contributed by atoms with Crippen molar-refractivity contribution in [2.24, 2.45) is 7.05 Å². The van der Waals surface area contributed by atoms with Crippen molar-refractivity contribution in [2.45, 2.75) is 0 Å². The molecular formula is C20H27N5O4S. The molecule has 0 N–H and O–H groups in total. The Balaban J connectivity index is 1.50. The van der Waals surface area contributed by atoms with E-state index >= 15 is 0 Å². The van der Waals surface area contributed by atoms with Crippen LogP contribution >= 0.6 is 0 Å². The van der Waals surface area contributed by atoms with Gasteiger partial charge in [-0.1, -0.05) is 18.2 Å². The second-order valence-electron chi connectivity index (χ2n) is 7.87. The summed E-state index contributed by atoms with van der Waals surface area (Å²) in [6.45, 7) is 3.51. The van der Waals surface area contributed by atoms with E-state index in [9.17, 15) is 18.0 Å². The molecule has 0 unspecified atom stereocenters. The van der Waals surface area contributed by atoms with E-state index in [-0.39, 0.29) is 24.6 Å². The topological polar surface area (TPSA) is 86.2 Å². The number of rotatable bonds is 3. The normalized spacial score (nSPS) is 20.0. The second kappa shape index (κ2) is 8.10. The van der Waals surface area contributed by atoms with E-state index < -0.39 is 10.2 Å². The summed E-state index contributed by atoms with van der Waals surface area (Å²) in [6.07, 6.45) is 0. The predicted molar refractivity (Wildman–Crippen MR) is 115 cm³/mol. The summed E-state index contributed by atoms with van der Waals surface area (Å²) < 4.78 is 30.4. The maximum atomic E-state index is 13.2. The van der Waals surface area contributed by atoms with Crippen LogP contribution in [0, 0.1) is 0 Å². The van der Waals surface area contributed by atoms with Gasteiger partial charge in [0.15, 0.2) is 0 Å². The lowest BCUT2D eigenvalue weighted by atomic mass is 10.1. The average Bonchev–Trinajstić information content (AvgIpc) is 2.76. The van der Waals surface area contributed by atoms with Crippen molar-refractivity contribution in [3.8, 4) is 0 Å². The third-order valence-corrected chi connectivity index (χ3v) is 8.06. The van der Waals surface area contributed by atoms with E-state index in [4.69, 9.17) is 0 Å². The quantitative estimate of drug-likeness (QED) is 0.669. The molecule has 0 atom stereocenters. The van der Waals surface area contributed by atoms with Gasteiger partial charge in [-0.2, -0.15) is 17.0 Å². The fraction of sp³-hybridized carbons (Fsp3) is 0.500. The Morgan fingerprint density at radius 3 is 2.07 bits per heavy atom. The molecule has 2 saturated heterocycles. The molecule has 1 amide bonds. The van der Waals surface area contributed by atoms with Crippen LogP contribution < -0.4 is 5.56 Å². The summed E-state index contributed by atoms with van der Waals surface area (Å²) in [4.78, 5) is 29.2. The molecule has 10 heteroatoms. The van der Waals surface area contributed by atoms with Crippen LogP contribution in [0.15, 0.2) is 35.1 Å². The first-order valence-electron chi connectivity index (χ1n) is 10.1. The van der Waals surface area contributed by atoms with E-state index in [0.717, 1.165) is 5.39 Å². The average molecular weight is 434 g/mol. The largest absolute Gasteiger partial charge is 0.336 e. The molecule has 0 spiro atoms. The zero-order valence-corrected chi connectivity index (χ0v) is 18.1. The molecule has 30 heavy (non-hydrogen) atoms. The number of carbonyl (C=O) groups is 1. The number of para-hydroxylation sites is 1. The van der Waals surface area contributed by atoms with Gasteiger partial charge in [-0.15, -0.1) is 0 Å². The summed E-state index contributed by atoms with van der Waals surface area (Å²) in [5, 5.41) is 0.720. The Morgan fingerprint density at radius 2 is 1.43 bits per heavy atom. The highest BCUT2D eigenvalue weighted by atomic mass is 32.2. The summed E-state index contributed by atoms with van der Waals surface area (Å²) in [7, 11) is 0.142. The monoisotopic (exact) mass is 433 g/mol. The molecule has 0 aliphatic carbocycles. The molecule has 2 fully saturated rings. The minimum absolute atomic E-state index is 0.236. The molecule has 0 saturated carbocycles. The van der Waals surface area contributed by atoms with Crippen LogP contribution in [0.25, 0.3) is 10.9 Å². The molecule has 3 heterocycles. The van der Waals surface area contributed by atoms with Gasteiger partial charge < -0.3 is 14.4 Å². The number of piperazine rings is 2. The number of benzene rings is 1. The molecule has 162 valence electrons. The van der Waals surface area contributed by atoms with E-state index in [1.54, 1.807) is 11.9 Å². The highest BCUT2D eigenvalue weighted by molar-refractivity contribution is 7.86. The highest BCUT2D eigenvalue weighted by Crippen LogP contribution is 2.20. The number of hydrogen-bond acceptors (Lipinski definition) is 5. The van der Waals surface area contributed by atoms with Crippen LogP contribution in [0.3, 0.4) is 0 Å². The lowest BCUT2D eigenvalue weighted by Crippen LogP contribution is -2.57. The van der Waals surface area contributed by atoms with Crippen LogP contribution in [0.1, 0.15) is 10.4 Å². The SMILES string of the molecule is CN1CCN(S(=O)(=O)N2CCN(C(=O)c3cc(=O)n(C)c4ccccc34)CC2)CC1. The van der Waals surface area contributed by atoms with Gasteiger partial charge in [-0.25, -0.2) is 0 Å². The first kappa shape index (κ1) is 21.0. The third kappa shape index (κ3) is 3.76. The fourth-order valence-corrected chi connectivity index (χ4v) is 5.64. The number of likely N-dealkylation sites (N-methyl/N-ethyl adjacent to an activating group) is 1. The van der Waals surface area contributed by atoms with Crippen LogP contribution in [-0.4, -0.2) is 96.7 Å². The van der Waals surface area contributed by atoms with Crippen molar-refractivity contribution in [1.82, 2.24) is 23.0 Å².